The zero-order valence-electron chi connectivity index (χ0n) is 13.1. The number of benzene rings is 1. The highest BCUT2D eigenvalue weighted by Crippen LogP contribution is 2.23. The van der Waals surface area contributed by atoms with Gasteiger partial charge >= 0.3 is 5.97 Å². The zero-order valence-corrected chi connectivity index (χ0v) is 13.1. The van der Waals surface area contributed by atoms with Crippen molar-refractivity contribution in [2.45, 2.75) is 58.3 Å². The van der Waals surface area contributed by atoms with Gasteiger partial charge in [0.1, 0.15) is 0 Å². The minimum atomic E-state index is -0.253. The van der Waals surface area contributed by atoms with Gasteiger partial charge < -0.3 is 14.8 Å². The van der Waals surface area contributed by atoms with Crippen LogP contribution in [0.4, 0.5) is 5.69 Å². The first-order valence-corrected chi connectivity index (χ1v) is 7.77. The molecule has 2 rings (SSSR count). The van der Waals surface area contributed by atoms with Crippen molar-refractivity contribution < 1.29 is 14.3 Å². The molecule has 4 heteroatoms. The number of carbonyl (C=O) groups excluding carboxylic acids is 1. The second-order valence-electron chi connectivity index (χ2n) is 5.78. The molecule has 1 aromatic carbocycles. The lowest BCUT2D eigenvalue weighted by Gasteiger charge is -2.33. The molecular formula is C17H25NO3. The van der Waals surface area contributed by atoms with Gasteiger partial charge in [-0.3, -0.25) is 0 Å². The van der Waals surface area contributed by atoms with Crippen molar-refractivity contribution in [1.82, 2.24) is 0 Å². The molecule has 1 saturated heterocycles. The first-order valence-electron chi connectivity index (χ1n) is 7.77. The number of hydrogen-bond donors (Lipinski definition) is 1. The Morgan fingerprint density at radius 3 is 2.43 bits per heavy atom. The Balaban J connectivity index is 1.91. The molecule has 0 aliphatic carbocycles. The maximum Gasteiger partial charge on any atom is 0.338 e. The molecule has 4 nitrogen and oxygen atoms in total. The predicted octanol–water partition coefficient (Wildman–Crippen LogP) is 3.62. The Bertz CT molecular complexity index is 448. The second-order valence-corrected chi connectivity index (χ2v) is 5.78. The lowest BCUT2D eigenvalue weighted by molar-refractivity contribution is -0.0337. The van der Waals surface area contributed by atoms with Crippen LogP contribution in [0.5, 0.6) is 0 Å². The quantitative estimate of drug-likeness (QED) is 0.842. The third kappa shape index (κ3) is 4.74. The van der Waals surface area contributed by atoms with Gasteiger partial charge in [0, 0.05) is 11.7 Å². The Hall–Kier alpha value is -1.55. The highest BCUT2D eigenvalue weighted by molar-refractivity contribution is 5.89. The van der Waals surface area contributed by atoms with Crippen molar-refractivity contribution in [1.29, 1.82) is 0 Å². The van der Waals surface area contributed by atoms with E-state index in [9.17, 15) is 4.79 Å². The Kier molecular flexibility index (Phi) is 5.62. The van der Waals surface area contributed by atoms with Gasteiger partial charge in [-0.1, -0.05) is 6.92 Å². The van der Waals surface area contributed by atoms with Crippen LogP contribution in [0.25, 0.3) is 0 Å². The fourth-order valence-corrected chi connectivity index (χ4v) is 2.74. The highest BCUT2D eigenvalue weighted by Gasteiger charge is 2.24. The van der Waals surface area contributed by atoms with E-state index in [2.05, 4.69) is 19.2 Å². The van der Waals surface area contributed by atoms with Crippen molar-refractivity contribution >= 4 is 11.7 Å². The Morgan fingerprint density at radius 2 is 1.86 bits per heavy atom. The van der Waals surface area contributed by atoms with Gasteiger partial charge in [0.2, 0.25) is 0 Å². The van der Waals surface area contributed by atoms with Crippen LogP contribution in [0.15, 0.2) is 24.3 Å². The molecule has 1 N–H and O–H groups in total. The summed E-state index contributed by atoms with van der Waals surface area (Å²) in [5, 5.41) is 3.52. The Morgan fingerprint density at radius 1 is 1.24 bits per heavy atom. The normalized spacial score (nSPS) is 25.4. The van der Waals surface area contributed by atoms with Gasteiger partial charge in [0.15, 0.2) is 0 Å². The molecule has 0 amide bonds. The molecule has 0 radical (unpaired) electrons. The van der Waals surface area contributed by atoms with E-state index < -0.39 is 0 Å². The SMILES string of the molecule is CCCOC(=O)c1ccc(NC2CC(C)OC(C)C2)cc1. The molecule has 1 heterocycles. The van der Waals surface area contributed by atoms with Gasteiger partial charge in [-0.25, -0.2) is 4.79 Å². The molecular weight excluding hydrogens is 266 g/mol. The fourth-order valence-electron chi connectivity index (χ4n) is 2.74. The first kappa shape index (κ1) is 15.8. The number of anilines is 1. The molecule has 1 fully saturated rings. The molecule has 1 aliphatic rings. The first-order chi connectivity index (χ1) is 10.1. The summed E-state index contributed by atoms with van der Waals surface area (Å²) >= 11 is 0. The number of hydrogen-bond acceptors (Lipinski definition) is 4. The van der Waals surface area contributed by atoms with Crippen molar-refractivity contribution in [3.63, 3.8) is 0 Å². The molecule has 0 spiro atoms. The van der Waals surface area contributed by atoms with Crippen LogP contribution in [0.2, 0.25) is 0 Å². The number of nitrogens with one attached hydrogen (secondary N) is 1. The van der Waals surface area contributed by atoms with E-state index in [1.807, 2.05) is 31.2 Å². The lowest BCUT2D eigenvalue weighted by atomic mass is 9.99. The van der Waals surface area contributed by atoms with E-state index in [1.54, 1.807) is 0 Å². The van der Waals surface area contributed by atoms with Gasteiger partial charge in [-0.2, -0.15) is 0 Å². The van der Waals surface area contributed by atoms with Gasteiger partial charge in [-0.15, -0.1) is 0 Å². The van der Waals surface area contributed by atoms with Gasteiger partial charge in [-0.05, 0) is 57.4 Å². The second kappa shape index (κ2) is 7.46. The molecule has 2 unspecified atom stereocenters. The summed E-state index contributed by atoms with van der Waals surface area (Å²) in [6.45, 7) is 6.67. The summed E-state index contributed by atoms with van der Waals surface area (Å²) in [5.41, 5.74) is 1.64. The largest absolute Gasteiger partial charge is 0.462 e. The highest BCUT2D eigenvalue weighted by atomic mass is 16.5. The van der Waals surface area contributed by atoms with Gasteiger partial charge in [0.25, 0.3) is 0 Å². The molecule has 116 valence electrons. The van der Waals surface area contributed by atoms with Gasteiger partial charge in [0.05, 0.1) is 24.4 Å². The molecule has 0 aromatic heterocycles. The van der Waals surface area contributed by atoms with Crippen molar-refractivity contribution in [3.8, 4) is 0 Å². The van der Waals surface area contributed by atoms with Crippen LogP contribution in [0.1, 0.15) is 50.4 Å². The smallest absolute Gasteiger partial charge is 0.338 e. The summed E-state index contributed by atoms with van der Waals surface area (Å²) in [6.07, 6.45) is 3.42. The minimum Gasteiger partial charge on any atom is -0.462 e. The maximum absolute atomic E-state index is 11.7. The number of carbonyl (C=O) groups is 1. The summed E-state index contributed by atoms with van der Waals surface area (Å²) < 4.78 is 10.9. The average molecular weight is 291 g/mol. The topological polar surface area (TPSA) is 47.6 Å². The van der Waals surface area contributed by atoms with Crippen molar-refractivity contribution in [2.75, 3.05) is 11.9 Å². The molecule has 21 heavy (non-hydrogen) atoms. The van der Waals surface area contributed by atoms with Crippen molar-refractivity contribution in [3.05, 3.63) is 29.8 Å². The summed E-state index contributed by atoms with van der Waals surface area (Å²) in [4.78, 5) is 11.7. The third-order valence-electron chi connectivity index (χ3n) is 3.63. The third-order valence-corrected chi connectivity index (χ3v) is 3.63. The van der Waals surface area contributed by atoms with E-state index in [4.69, 9.17) is 9.47 Å². The summed E-state index contributed by atoms with van der Waals surface area (Å²) in [6, 6.07) is 7.92. The average Bonchev–Trinajstić information content (AvgIpc) is 2.44. The van der Waals surface area contributed by atoms with Crippen LogP contribution in [-0.2, 0) is 9.47 Å². The van der Waals surface area contributed by atoms with Crippen LogP contribution in [0, 0.1) is 0 Å². The fraction of sp³-hybridized carbons (Fsp3) is 0.588. The van der Waals surface area contributed by atoms with E-state index >= 15 is 0 Å². The predicted molar refractivity (Wildman–Crippen MR) is 83.7 cm³/mol. The number of esters is 1. The minimum absolute atomic E-state index is 0.253. The van der Waals surface area contributed by atoms with Crippen LogP contribution < -0.4 is 5.32 Å². The van der Waals surface area contributed by atoms with Crippen LogP contribution in [-0.4, -0.2) is 30.8 Å². The maximum atomic E-state index is 11.7. The van der Waals surface area contributed by atoms with Crippen molar-refractivity contribution in [2.24, 2.45) is 0 Å². The zero-order chi connectivity index (χ0) is 15.2. The lowest BCUT2D eigenvalue weighted by Crippen LogP contribution is -2.36. The molecule has 0 saturated carbocycles. The number of rotatable bonds is 5. The molecule has 1 aliphatic heterocycles. The molecule has 2 atom stereocenters. The van der Waals surface area contributed by atoms with E-state index in [0.717, 1.165) is 24.9 Å². The van der Waals surface area contributed by atoms with Crippen LogP contribution >= 0.6 is 0 Å². The molecule has 0 bridgehead atoms. The monoisotopic (exact) mass is 291 g/mol. The Labute approximate surface area is 126 Å². The van der Waals surface area contributed by atoms with E-state index in [-0.39, 0.29) is 18.2 Å². The summed E-state index contributed by atoms with van der Waals surface area (Å²) in [5.74, 6) is -0.253. The molecule has 1 aromatic rings. The van der Waals surface area contributed by atoms with E-state index in [1.165, 1.54) is 0 Å². The van der Waals surface area contributed by atoms with Crippen LogP contribution in [0.3, 0.4) is 0 Å². The number of ether oxygens (including phenoxy) is 2. The summed E-state index contributed by atoms with van der Waals surface area (Å²) in [7, 11) is 0. The standard InChI is InChI=1S/C17H25NO3/c1-4-9-20-17(19)14-5-7-15(8-6-14)18-16-10-12(2)21-13(3)11-16/h5-8,12-13,16,18H,4,9-11H2,1-3H3. The van der Waals surface area contributed by atoms with E-state index in [0.29, 0.717) is 18.2 Å².